The fourth-order valence-corrected chi connectivity index (χ4v) is 2.19. The predicted octanol–water partition coefficient (Wildman–Crippen LogP) is 4.41. The summed E-state index contributed by atoms with van der Waals surface area (Å²) in [6.07, 6.45) is -4.20. The third-order valence-electron chi connectivity index (χ3n) is 2.54. The summed E-state index contributed by atoms with van der Waals surface area (Å²) in [7, 11) is 0. The van der Waals surface area contributed by atoms with Crippen molar-refractivity contribution in [2.75, 3.05) is 0 Å². The van der Waals surface area contributed by atoms with Crippen molar-refractivity contribution in [3.8, 4) is 17.4 Å². The van der Waals surface area contributed by atoms with E-state index in [1.165, 1.54) is 18.2 Å². The standard InChI is InChI=1S/C13H5BrF3NO2/c14-11-3-7(5-18)10(13(15,16)17)4-9(11)12-2-1-8(6-19)20-12/h1-4,6H. The summed E-state index contributed by atoms with van der Waals surface area (Å²) in [6, 6.07) is 6.12. The van der Waals surface area contributed by atoms with Gasteiger partial charge in [0, 0.05) is 10.0 Å². The summed E-state index contributed by atoms with van der Waals surface area (Å²) in [4.78, 5) is 10.5. The summed E-state index contributed by atoms with van der Waals surface area (Å²) in [5, 5.41) is 8.77. The molecule has 0 N–H and O–H groups in total. The van der Waals surface area contributed by atoms with Crippen LogP contribution in [-0.4, -0.2) is 6.29 Å². The maximum absolute atomic E-state index is 12.9. The van der Waals surface area contributed by atoms with Crippen molar-refractivity contribution >= 4 is 22.2 Å². The first kappa shape index (κ1) is 14.3. The Hall–Kier alpha value is -2.07. The third-order valence-corrected chi connectivity index (χ3v) is 3.20. The molecule has 3 nitrogen and oxygen atoms in total. The SMILES string of the molecule is N#Cc1cc(Br)c(-c2ccc(C=O)o2)cc1C(F)(F)F. The summed E-state index contributed by atoms with van der Waals surface area (Å²) < 4.78 is 44.0. The van der Waals surface area contributed by atoms with E-state index < -0.39 is 17.3 Å². The van der Waals surface area contributed by atoms with Crippen molar-refractivity contribution in [2.24, 2.45) is 0 Å². The number of alkyl halides is 3. The Morgan fingerprint density at radius 2 is 2.00 bits per heavy atom. The predicted molar refractivity (Wildman–Crippen MR) is 66.9 cm³/mol. The highest BCUT2D eigenvalue weighted by Crippen LogP contribution is 2.38. The molecule has 1 heterocycles. The molecular weight excluding hydrogens is 339 g/mol. The van der Waals surface area contributed by atoms with Crippen molar-refractivity contribution in [2.45, 2.75) is 6.18 Å². The zero-order valence-electron chi connectivity index (χ0n) is 9.66. The maximum Gasteiger partial charge on any atom is 0.417 e. The minimum absolute atomic E-state index is 0.00446. The first-order chi connectivity index (χ1) is 9.36. The van der Waals surface area contributed by atoms with Gasteiger partial charge in [0.15, 0.2) is 12.0 Å². The van der Waals surface area contributed by atoms with Crippen LogP contribution in [0.4, 0.5) is 13.2 Å². The number of hydrogen-bond donors (Lipinski definition) is 0. The van der Waals surface area contributed by atoms with Crippen LogP contribution < -0.4 is 0 Å². The lowest BCUT2D eigenvalue weighted by molar-refractivity contribution is -0.137. The average molecular weight is 344 g/mol. The van der Waals surface area contributed by atoms with Gasteiger partial charge < -0.3 is 4.42 Å². The van der Waals surface area contributed by atoms with Gasteiger partial charge in [-0.25, -0.2) is 0 Å². The first-order valence-corrected chi connectivity index (χ1v) is 6.02. The van der Waals surface area contributed by atoms with Gasteiger partial charge >= 0.3 is 6.18 Å². The van der Waals surface area contributed by atoms with Crippen molar-refractivity contribution in [1.29, 1.82) is 5.26 Å². The second kappa shape index (κ2) is 5.13. The Balaban J connectivity index is 2.66. The molecule has 0 aliphatic heterocycles. The van der Waals surface area contributed by atoms with E-state index in [-0.39, 0.29) is 21.6 Å². The molecule has 0 aliphatic carbocycles. The summed E-state index contributed by atoms with van der Waals surface area (Å²) in [5.74, 6) is 0.110. The lowest BCUT2D eigenvalue weighted by Gasteiger charge is -2.11. The number of rotatable bonds is 2. The molecule has 0 saturated carbocycles. The van der Waals surface area contributed by atoms with Gasteiger partial charge in [-0.1, -0.05) is 0 Å². The van der Waals surface area contributed by atoms with Crippen LogP contribution in [0.25, 0.3) is 11.3 Å². The van der Waals surface area contributed by atoms with Crippen LogP contribution in [0.1, 0.15) is 21.7 Å². The molecule has 0 bridgehead atoms. The minimum Gasteiger partial charge on any atom is -0.453 e. The number of benzene rings is 1. The first-order valence-electron chi connectivity index (χ1n) is 5.23. The number of halogens is 4. The smallest absolute Gasteiger partial charge is 0.417 e. The van der Waals surface area contributed by atoms with Crippen molar-refractivity contribution < 1.29 is 22.4 Å². The number of hydrogen-bond acceptors (Lipinski definition) is 3. The molecule has 0 amide bonds. The number of furan rings is 1. The molecule has 0 spiro atoms. The van der Waals surface area contributed by atoms with Crippen LogP contribution in [0, 0.1) is 11.3 Å². The van der Waals surface area contributed by atoms with Crippen LogP contribution in [0.5, 0.6) is 0 Å². The van der Waals surface area contributed by atoms with E-state index in [0.717, 1.165) is 12.1 Å². The zero-order chi connectivity index (χ0) is 14.9. The van der Waals surface area contributed by atoms with E-state index >= 15 is 0 Å². The molecule has 1 aromatic heterocycles. The van der Waals surface area contributed by atoms with Gasteiger partial charge in [0.1, 0.15) is 5.76 Å². The van der Waals surface area contributed by atoms with Gasteiger partial charge in [-0.05, 0) is 40.2 Å². The Labute approximate surface area is 119 Å². The quantitative estimate of drug-likeness (QED) is 0.758. The Bertz CT molecular complexity index is 713. The molecule has 2 rings (SSSR count). The van der Waals surface area contributed by atoms with Gasteiger partial charge in [0.05, 0.1) is 17.2 Å². The van der Waals surface area contributed by atoms with E-state index in [1.54, 1.807) is 0 Å². The molecular formula is C13H5BrF3NO2. The van der Waals surface area contributed by atoms with E-state index in [1.807, 2.05) is 0 Å². The van der Waals surface area contributed by atoms with Crippen LogP contribution in [0.2, 0.25) is 0 Å². The molecule has 0 aliphatic rings. The lowest BCUT2D eigenvalue weighted by atomic mass is 10.0. The highest BCUT2D eigenvalue weighted by Gasteiger charge is 2.34. The van der Waals surface area contributed by atoms with Crippen LogP contribution >= 0.6 is 15.9 Å². The van der Waals surface area contributed by atoms with Gasteiger partial charge in [-0.2, -0.15) is 18.4 Å². The molecule has 1 aromatic carbocycles. The lowest BCUT2D eigenvalue weighted by Crippen LogP contribution is -2.08. The van der Waals surface area contributed by atoms with Crippen molar-refractivity contribution in [3.63, 3.8) is 0 Å². The Morgan fingerprint density at radius 1 is 1.30 bits per heavy atom. The second-order valence-electron chi connectivity index (χ2n) is 3.81. The molecule has 102 valence electrons. The summed E-state index contributed by atoms with van der Waals surface area (Å²) in [6.45, 7) is 0. The largest absolute Gasteiger partial charge is 0.453 e. The van der Waals surface area contributed by atoms with Crippen molar-refractivity contribution in [3.05, 3.63) is 45.6 Å². The molecule has 0 saturated heterocycles. The highest BCUT2D eigenvalue weighted by atomic mass is 79.9. The van der Waals surface area contributed by atoms with Gasteiger partial charge in [0.25, 0.3) is 0 Å². The van der Waals surface area contributed by atoms with E-state index in [2.05, 4.69) is 15.9 Å². The Morgan fingerprint density at radius 3 is 2.50 bits per heavy atom. The monoisotopic (exact) mass is 343 g/mol. The van der Waals surface area contributed by atoms with Gasteiger partial charge in [0.2, 0.25) is 0 Å². The topological polar surface area (TPSA) is 54.0 Å². The third kappa shape index (κ3) is 2.60. The van der Waals surface area contributed by atoms with E-state index in [0.29, 0.717) is 6.29 Å². The molecule has 20 heavy (non-hydrogen) atoms. The van der Waals surface area contributed by atoms with Crippen LogP contribution in [0.15, 0.2) is 33.2 Å². The number of carbonyl (C=O) groups excluding carboxylic acids is 1. The number of carbonyl (C=O) groups is 1. The number of nitriles is 1. The molecule has 0 radical (unpaired) electrons. The zero-order valence-corrected chi connectivity index (χ0v) is 11.2. The normalized spacial score (nSPS) is 11.2. The van der Waals surface area contributed by atoms with Gasteiger partial charge in [-0.3, -0.25) is 4.79 Å². The average Bonchev–Trinajstić information content (AvgIpc) is 2.85. The van der Waals surface area contributed by atoms with Crippen molar-refractivity contribution in [1.82, 2.24) is 0 Å². The minimum atomic E-state index is -4.65. The molecule has 0 unspecified atom stereocenters. The fourth-order valence-electron chi connectivity index (χ4n) is 1.65. The molecule has 0 fully saturated rings. The van der Waals surface area contributed by atoms with E-state index in [9.17, 15) is 18.0 Å². The Kier molecular flexibility index (Phi) is 3.68. The molecule has 2 aromatic rings. The number of aldehydes is 1. The summed E-state index contributed by atoms with van der Waals surface area (Å²) in [5.41, 5.74) is -1.43. The second-order valence-corrected chi connectivity index (χ2v) is 4.66. The maximum atomic E-state index is 12.9. The summed E-state index contributed by atoms with van der Waals surface area (Å²) >= 11 is 3.09. The van der Waals surface area contributed by atoms with E-state index in [4.69, 9.17) is 9.68 Å². The molecule has 7 heteroatoms. The fraction of sp³-hybridized carbons (Fsp3) is 0.0769. The highest BCUT2D eigenvalue weighted by molar-refractivity contribution is 9.10. The number of nitrogens with zero attached hydrogens (tertiary/aromatic N) is 1. The van der Waals surface area contributed by atoms with Gasteiger partial charge in [-0.15, -0.1) is 0 Å². The molecule has 0 atom stereocenters. The van der Waals surface area contributed by atoms with Crippen LogP contribution in [0.3, 0.4) is 0 Å². The van der Waals surface area contributed by atoms with Crippen LogP contribution in [-0.2, 0) is 6.18 Å².